The van der Waals surface area contributed by atoms with Crippen LogP contribution in [-0.4, -0.2) is 130 Å². The molecule has 16 nitrogen and oxygen atoms in total. The Hall–Kier alpha value is -5.36. The molecular weight excluding hydrogens is 789 g/mol. The number of ether oxygens (including phenoxy) is 4. The number of aliphatic hydroxyl groups excluding tert-OH is 2. The highest BCUT2D eigenvalue weighted by Crippen LogP contribution is 2.36. The molecule has 6 aromatic rings. The first kappa shape index (κ1) is 43.3. The zero-order chi connectivity index (χ0) is 43.2. The van der Waals surface area contributed by atoms with Crippen molar-refractivity contribution in [2.45, 2.75) is 76.5 Å². The maximum absolute atomic E-state index is 10.2. The summed E-state index contributed by atoms with van der Waals surface area (Å²) >= 11 is 0. The van der Waals surface area contributed by atoms with Crippen LogP contribution >= 0.6 is 0 Å². The molecule has 5 atom stereocenters. The van der Waals surface area contributed by atoms with Gasteiger partial charge in [0.2, 0.25) is 0 Å². The van der Waals surface area contributed by atoms with Gasteiger partial charge in [0.05, 0.1) is 65.6 Å². The molecule has 0 radical (unpaired) electrons. The van der Waals surface area contributed by atoms with Crippen LogP contribution in [0.15, 0.2) is 73.1 Å². The van der Waals surface area contributed by atoms with E-state index in [1.165, 1.54) is 0 Å². The smallest absolute Gasteiger partial charge is 0.160 e. The van der Waals surface area contributed by atoms with Gasteiger partial charge in [-0.15, -0.1) is 0 Å². The van der Waals surface area contributed by atoms with Gasteiger partial charge in [-0.1, -0.05) is 24.3 Å². The Morgan fingerprint density at radius 3 is 2.15 bits per heavy atom. The van der Waals surface area contributed by atoms with Crippen LogP contribution in [0.4, 0.5) is 11.4 Å². The highest BCUT2D eigenvalue weighted by Gasteiger charge is 2.28. The second-order valence-corrected chi connectivity index (χ2v) is 16.6. The number of hydrogen-bond acceptors (Lipinski definition) is 14. The predicted molar refractivity (Wildman–Crippen MR) is 241 cm³/mol. The standard InChI is InChI=1S/C46H60N10O6/c1-29(2)55-45-39(25-49-55)43(21-41(52-45)31-7-5-9-36(18-31)61-27-34(57)23-47)51-33-11-14-60-38(20-33)17-30(3)56-46-40(26-50-56)44(54-12-15-59-16-13-54)22-42(53-46)32-8-6-10-37(19-32)62-28-35(58)24-48-4/h5-10,18-19,21-22,25-26,29-30,33-35,38,48,57-58H,11-17,20,23-24,27-28,47H2,1-4H3,(H,51,52). The van der Waals surface area contributed by atoms with Crippen LogP contribution in [0.5, 0.6) is 11.5 Å². The van der Waals surface area contributed by atoms with Gasteiger partial charge < -0.3 is 50.4 Å². The first-order valence-electron chi connectivity index (χ1n) is 21.8. The van der Waals surface area contributed by atoms with E-state index in [0.29, 0.717) is 37.9 Å². The van der Waals surface area contributed by atoms with E-state index < -0.39 is 12.2 Å². The minimum absolute atomic E-state index is 0.0103. The molecule has 2 fully saturated rings. The Labute approximate surface area is 362 Å². The number of hydrogen-bond donors (Lipinski definition) is 5. The summed E-state index contributed by atoms with van der Waals surface area (Å²) in [6.45, 7) is 10.8. The summed E-state index contributed by atoms with van der Waals surface area (Å²) in [5, 5.41) is 38.7. The van der Waals surface area contributed by atoms with E-state index in [9.17, 15) is 10.2 Å². The Morgan fingerprint density at radius 2 is 1.47 bits per heavy atom. The van der Waals surface area contributed by atoms with Crippen molar-refractivity contribution in [1.82, 2.24) is 34.8 Å². The fourth-order valence-electron chi connectivity index (χ4n) is 8.31. The van der Waals surface area contributed by atoms with Crippen LogP contribution in [0, 0.1) is 0 Å². The molecule has 6 N–H and O–H groups in total. The molecule has 0 bridgehead atoms. The van der Waals surface area contributed by atoms with Crippen LogP contribution in [0.1, 0.15) is 52.1 Å². The summed E-state index contributed by atoms with van der Waals surface area (Å²) in [6.07, 6.45) is 4.88. The highest BCUT2D eigenvalue weighted by molar-refractivity contribution is 5.93. The van der Waals surface area contributed by atoms with Crippen LogP contribution in [-0.2, 0) is 9.47 Å². The van der Waals surface area contributed by atoms with Gasteiger partial charge in [0.1, 0.15) is 36.9 Å². The summed E-state index contributed by atoms with van der Waals surface area (Å²) in [5.41, 5.74) is 12.7. The largest absolute Gasteiger partial charge is 0.491 e. The molecular formula is C46H60N10O6. The summed E-state index contributed by atoms with van der Waals surface area (Å²) in [7, 11) is 1.80. The summed E-state index contributed by atoms with van der Waals surface area (Å²) < 4.78 is 28.0. The lowest BCUT2D eigenvalue weighted by Crippen LogP contribution is -2.36. The lowest BCUT2D eigenvalue weighted by atomic mass is 9.97. The number of pyridine rings is 2. The molecule has 16 heteroatoms. The molecule has 5 unspecified atom stereocenters. The molecule has 4 aromatic heterocycles. The topological polar surface area (TPSA) is 192 Å². The van der Waals surface area contributed by atoms with Crippen molar-refractivity contribution in [3.05, 3.63) is 73.1 Å². The highest BCUT2D eigenvalue weighted by atomic mass is 16.5. The minimum atomic E-state index is -0.738. The van der Waals surface area contributed by atoms with Gasteiger partial charge in [0, 0.05) is 61.7 Å². The molecule has 2 saturated heterocycles. The monoisotopic (exact) mass is 848 g/mol. The average Bonchev–Trinajstić information content (AvgIpc) is 3.93. The molecule has 62 heavy (non-hydrogen) atoms. The molecule has 6 heterocycles. The summed E-state index contributed by atoms with van der Waals surface area (Å²) in [6, 6.07) is 20.1. The number of nitrogens with two attached hydrogens (primary N) is 1. The first-order valence-corrected chi connectivity index (χ1v) is 21.8. The maximum Gasteiger partial charge on any atom is 0.160 e. The van der Waals surface area contributed by atoms with Gasteiger partial charge in [-0.25, -0.2) is 19.3 Å². The Kier molecular flexibility index (Phi) is 13.8. The van der Waals surface area contributed by atoms with Gasteiger partial charge in [-0.05, 0) is 83.5 Å². The number of likely N-dealkylation sites (N-methyl/N-ethyl adjacent to an activating group) is 1. The van der Waals surface area contributed by atoms with Crippen LogP contribution in [0.3, 0.4) is 0 Å². The zero-order valence-electron chi connectivity index (χ0n) is 36.1. The number of aromatic nitrogens is 6. The molecule has 330 valence electrons. The van der Waals surface area contributed by atoms with E-state index in [0.717, 1.165) is 88.3 Å². The molecule has 0 saturated carbocycles. The van der Waals surface area contributed by atoms with Crippen molar-refractivity contribution >= 4 is 33.4 Å². The zero-order valence-corrected chi connectivity index (χ0v) is 36.1. The van der Waals surface area contributed by atoms with Gasteiger partial charge in [0.25, 0.3) is 0 Å². The first-order chi connectivity index (χ1) is 30.2. The molecule has 0 spiro atoms. The van der Waals surface area contributed by atoms with Gasteiger partial charge in [-0.3, -0.25) is 0 Å². The minimum Gasteiger partial charge on any atom is -0.491 e. The molecule has 2 aliphatic heterocycles. The van der Waals surface area contributed by atoms with E-state index in [-0.39, 0.29) is 44.0 Å². The van der Waals surface area contributed by atoms with Gasteiger partial charge in [0.15, 0.2) is 11.3 Å². The van der Waals surface area contributed by atoms with Crippen molar-refractivity contribution < 1.29 is 29.2 Å². The molecule has 2 aromatic carbocycles. The number of aliphatic hydroxyl groups is 2. The lowest BCUT2D eigenvalue weighted by Gasteiger charge is -2.32. The third-order valence-electron chi connectivity index (χ3n) is 11.6. The van der Waals surface area contributed by atoms with Crippen LogP contribution in [0.2, 0.25) is 0 Å². The number of rotatable bonds is 18. The van der Waals surface area contributed by atoms with Gasteiger partial charge in [-0.2, -0.15) is 10.2 Å². The number of benzene rings is 2. The van der Waals surface area contributed by atoms with Crippen molar-refractivity contribution in [3.8, 4) is 34.0 Å². The number of morpholine rings is 1. The van der Waals surface area contributed by atoms with E-state index in [1.807, 2.05) is 70.3 Å². The normalized spacial score (nSPS) is 18.6. The van der Waals surface area contributed by atoms with Crippen LogP contribution in [0.25, 0.3) is 44.6 Å². The number of fused-ring (bicyclic) bond motifs is 2. The number of nitrogens with zero attached hydrogens (tertiary/aromatic N) is 7. The molecule has 2 aliphatic rings. The predicted octanol–water partition coefficient (Wildman–Crippen LogP) is 5.20. The quantitative estimate of drug-likeness (QED) is 0.0759. The average molecular weight is 849 g/mol. The SMILES string of the molecule is CNCC(O)COc1cccc(-c2cc(N3CCOCC3)c3cnn(C(C)CC4CC(Nc5cc(-c6cccc(OCC(O)CN)c6)nc6c5cnn6C(C)C)CCO4)c3n2)c1. The lowest BCUT2D eigenvalue weighted by molar-refractivity contribution is -0.00128. The van der Waals surface area contributed by atoms with Crippen molar-refractivity contribution in [2.75, 3.05) is 76.5 Å². The Balaban J connectivity index is 1.03. The number of anilines is 2. The van der Waals surface area contributed by atoms with Gasteiger partial charge >= 0.3 is 0 Å². The van der Waals surface area contributed by atoms with E-state index in [2.05, 4.69) is 48.4 Å². The molecule has 0 aliphatic carbocycles. The summed E-state index contributed by atoms with van der Waals surface area (Å²) in [5.74, 6) is 1.30. The maximum atomic E-state index is 10.2. The third-order valence-corrected chi connectivity index (χ3v) is 11.6. The van der Waals surface area contributed by atoms with E-state index in [4.69, 9.17) is 44.8 Å². The van der Waals surface area contributed by atoms with E-state index >= 15 is 0 Å². The summed E-state index contributed by atoms with van der Waals surface area (Å²) in [4.78, 5) is 12.7. The Morgan fingerprint density at radius 1 is 0.823 bits per heavy atom. The fourth-order valence-corrected chi connectivity index (χ4v) is 8.31. The fraction of sp³-hybridized carbons (Fsp3) is 0.478. The second kappa shape index (κ2) is 19.8. The van der Waals surface area contributed by atoms with Crippen molar-refractivity contribution in [3.63, 3.8) is 0 Å². The van der Waals surface area contributed by atoms with E-state index in [1.54, 1.807) is 7.05 Å². The molecule has 8 rings (SSSR count). The van der Waals surface area contributed by atoms with Crippen molar-refractivity contribution in [2.24, 2.45) is 5.73 Å². The number of nitrogens with one attached hydrogen (secondary N) is 2. The second-order valence-electron chi connectivity index (χ2n) is 16.6. The van der Waals surface area contributed by atoms with Crippen molar-refractivity contribution in [1.29, 1.82) is 0 Å². The third kappa shape index (κ3) is 9.96. The van der Waals surface area contributed by atoms with Crippen LogP contribution < -0.4 is 30.7 Å². The Bertz CT molecular complexity index is 2420. The molecule has 0 amide bonds.